The largest absolute Gasteiger partial charge is 0.465 e. The van der Waals surface area contributed by atoms with E-state index in [1.807, 2.05) is 0 Å². The number of halogens is 2. The van der Waals surface area contributed by atoms with Crippen LogP contribution in [0.15, 0.2) is 60.3 Å². The Kier molecular flexibility index (Phi) is 9.51. The number of esters is 1. The van der Waals surface area contributed by atoms with Gasteiger partial charge in [-0.05, 0) is 49.4 Å². The zero-order valence-electron chi connectivity index (χ0n) is 19.5. The second-order valence-corrected chi connectivity index (χ2v) is 9.25. The molecule has 0 aliphatic heterocycles. The molecule has 9 nitrogen and oxygen atoms in total. The number of ether oxygens (including phenoxy) is 1. The van der Waals surface area contributed by atoms with E-state index in [9.17, 15) is 14.4 Å². The molecule has 0 saturated carbocycles. The fourth-order valence-corrected chi connectivity index (χ4v) is 4.42. The van der Waals surface area contributed by atoms with Crippen LogP contribution in [-0.4, -0.2) is 45.4 Å². The summed E-state index contributed by atoms with van der Waals surface area (Å²) < 4.78 is 6.43. The van der Waals surface area contributed by atoms with Crippen molar-refractivity contribution in [3.05, 3.63) is 82.1 Å². The van der Waals surface area contributed by atoms with Crippen molar-refractivity contribution in [1.82, 2.24) is 20.1 Å². The third-order valence-electron chi connectivity index (χ3n) is 4.89. The highest BCUT2D eigenvalue weighted by atomic mass is 35.5. The molecule has 2 N–H and O–H groups in total. The smallest absolute Gasteiger partial charge is 0.337 e. The normalized spacial score (nSPS) is 11.4. The van der Waals surface area contributed by atoms with Gasteiger partial charge in [0.05, 0.1) is 35.1 Å². The van der Waals surface area contributed by atoms with Crippen molar-refractivity contribution in [3.63, 3.8) is 0 Å². The Bertz CT molecular complexity index is 1280. The first-order valence-corrected chi connectivity index (χ1v) is 12.4. The number of aromatic nitrogens is 3. The maximum Gasteiger partial charge on any atom is 0.337 e. The molecular weight excluding hydrogens is 525 g/mol. The molecule has 0 aliphatic carbocycles. The first-order chi connectivity index (χ1) is 17.2. The van der Waals surface area contributed by atoms with Gasteiger partial charge in [-0.2, -0.15) is 0 Å². The number of amides is 2. The fourth-order valence-electron chi connectivity index (χ4n) is 3.18. The van der Waals surface area contributed by atoms with Crippen molar-refractivity contribution in [2.75, 3.05) is 18.2 Å². The second-order valence-electron chi connectivity index (χ2n) is 7.47. The van der Waals surface area contributed by atoms with Gasteiger partial charge in [0, 0.05) is 17.3 Å². The summed E-state index contributed by atoms with van der Waals surface area (Å²) in [5.74, 6) is -0.546. The van der Waals surface area contributed by atoms with E-state index in [0.717, 1.165) is 0 Å². The Balaban J connectivity index is 1.64. The van der Waals surface area contributed by atoms with Gasteiger partial charge < -0.3 is 19.9 Å². The molecule has 2 amide bonds. The summed E-state index contributed by atoms with van der Waals surface area (Å²) in [5.41, 5.74) is 1.21. The predicted octanol–water partition coefficient (Wildman–Crippen LogP) is 4.78. The predicted molar refractivity (Wildman–Crippen MR) is 140 cm³/mol. The summed E-state index contributed by atoms with van der Waals surface area (Å²) in [5, 5.41) is 15.2. The van der Waals surface area contributed by atoms with Crippen LogP contribution >= 0.6 is 35.0 Å². The monoisotopic (exact) mass is 547 g/mol. The molecule has 0 aliphatic rings. The van der Waals surface area contributed by atoms with E-state index >= 15 is 0 Å². The molecule has 12 heteroatoms. The van der Waals surface area contributed by atoms with Crippen molar-refractivity contribution >= 4 is 58.4 Å². The van der Waals surface area contributed by atoms with Crippen molar-refractivity contribution in [2.24, 2.45) is 0 Å². The Morgan fingerprint density at radius 2 is 1.89 bits per heavy atom. The number of carbonyl (C=O) groups is 3. The van der Waals surface area contributed by atoms with Crippen LogP contribution in [0.5, 0.6) is 0 Å². The lowest BCUT2D eigenvalue weighted by atomic mass is 10.2. The van der Waals surface area contributed by atoms with Crippen LogP contribution in [0.1, 0.15) is 39.5 Å². The molecule has 0 bridgehead atoms. The third kappa shape index (κ3) is 6.87. The second kappa shape index (κ2) is 12.6. The SMILES string of the molecule is C=CCn1c(SCC(=O)Nc2ccc(C(=O)OC)cc2)nnc1C(C)NC(=O)c1ccc(Cl)cc1Cl. The summed E-state index contributed by atoms with van der Waals surface area (Å²) in [6.45, 7) is 5.91. The van der Waals surface area contributed by atoms with E-state index in [0.29, 0.717) is 33.8 Å². The minimum Gasteiger partial charge on any atom is -0.465 e. The molecule has 1 atom stereocenters. The van der Waals surface area contributed by atoms with Crippen LogP contribution in [0.3, 0.4) is 0 Å². The van der Waals surface area contributed by atoms with Gasteiger partial charge in [0.25, 0.3) is 5.91 Å². The molecule has 1 heterocycles. The van der Waals surface area contributed by atoms with E-state index in [4.69, 9.17) is 23.2 Å². The number of nitrogens with zero attached hydrogens (tertiary/aromatic N) is 3. The summed E-state index contributed by atoms with van der Waals surface area (Å²) in [6.07, 6.45) is 1.67. The molecule has 0 radical (unpaired) electrons. The summed E-state index contributed by atoms with van der Waals surface area (Å²) in [6, 6.07) is 10.5. The standard InChI is InChI=1S/C24H23Cl2N5O4S/c1-4-11-31-21(14(2)27-22(33)18-10-7-16(25)12-19(18)26)29-30-24(31)36-13-20(32)28-17-8-5-15(6-9-17)23(34)35-3/h4-10,12,14H,1,11,13H2,2-3H3,(H,27,33)(H,28,32). The molecule has 188 valence electrons. The minimum atomic E-state index is -0.506. The number of hydrogen-bond acceptors (Lipinski definition) is 7. The molecule has 3 rings (SSSR count). The van der Waals surface area contributed by atoms with E-state index in [2.05, 4.69) is 32.1 Å². The number of nitrogens with one attached hydrogen (secondary N) is 2. The summed E-state index contributed by atoms with van der Waals surface area (Å²) in [7, 11) is 1.30. The lowest BCUT2D eigenvalue weighted by molar-refractivity contribution is -0.113. The Labute approximate surface area is 222 Å². The highest BCUT2D eigenvalue weighted by molar-refractivity contribution is 7.99. The van der Waals surface area contributed by atoms with Gasteiger partial charge in [-0.15, -0.1) is 16.8 Å². The number of thioether (sulfide) groups is 1. The number of anilines is 1. The quantitative estimate of drug-likeness (QED) is 0.213. The van der Waals surface area contributed by atoms with Gasteiger partial charge in [0.2, 0.25) is 5.91 Å². The molecule has 3 aromatic rings. The van der Waals surface area contributed by atoms with Crippen LogP contribution in [0.4, 0.5) is 5.69 Å². The number of rotatable bonds is 10. The summed E-state index contributed by atoms with van der Waals surface area (Å²) >= 11 is 13.2. The highest BCUT2D eigenvalue weighted by Gasteiger charge is 2.21. The van der Waals surface area contributed by atoms with E-state index in [1.165, 1.54) is 24.9 Å². The van der Waals surface area contributed by atoms with Gasteiger partial charge in [-0.1, -0.05) is 41.0 Å². The number of methoxy groups -OCH3 is 1. The number of hydrogen-bond donors (Lipinski definition) is 2. The first kappa shape index (κ1) is 27.3. The Morgan fingerprint density at radius 3 is 2.53 bits per heavy atom. The van der Waals surface area contributed by atoms with Crippen LogP contribution in [-0.2, 0) is 16.1 Å². The molecule has 36 heavy (non-hydrogen) atoms. The third-order valence-corrected chi connectivity index (χ3v) is 6.40. The lowest BCUT2D eigenvalue weighted by Crippen LogP contribution is -2.29. The molecule has 0 saturated heterocycles. The van der Waals surface area contributed by atoms with Gasteiger partial charge >= 0.3 is 5.97 Å². The average Bonchev–Trinajstić information content (AvgIpc) is 3.25. The number of allylic oxidation sites excluding steroid dienone is 1. The van der Waals surface area contributed by atoms with Crippen molar-refractivity contribution in [2.45, 2.75) is 24.7 Å². The lowest BCUT2D eigenvalue weighted by Gasteiger charge is -2.16. The minimum absolute atomic E-state index is 0.0646. The average molecular weight is 548 g/mol. The fraction of sp³-hybridized carbons (Fsp3) is 0.208. The van der Waals surface area contributed by atoms with Gasteiger partial charge in [-0.3, -0.25) is 9.59 Å². The summed E-state index contributed by atoms with van der Waals surface area (Å²) in [4.78, 5) is 36.7. The van der Waals surface area contributed by atoms with Crippen molar-refractivity contribution in [3.8, 4) is 0 Å². The maximum atomic E-state index is 12.7. The Hall–Kier alpha value is -3.34. The van der Waals surface area contributed by atoms with Crippen LogP contribution in [0, 0.1) is 0 Å². The first-order valence-electron chi connectivity index (χ1n) is 10.6. The van der Waals surface area contributed by atoms with E-state index < -0.39 is 12.0 Å². The highest BCUT2D eigenvalue weighted by Crippen LogP contribution is 2.24. The molecule has 2 aromatic carbocycles. The molecular formula is C24H23Cl2N5O4S. The number of carbonyl (C=O) groups excluding carboxylic acids is 3. The topological polar surface area (TPSA) is 115 Å². The number of benzene rings is 2. The van der Waals surface area contributed by atoms with Crippen molar-refractivity contribution in [1.29, 1.82) is 0 Å². The van der Waals surface area contributed by atoms with Crippen LogP contribution in [0.25, 0.3) is 0 Å². The molecule has 0 spiro atoms. The van der Waals surface area contributed by atoms with Gasteiger partial charge in [0.1, 0.15) is 0 Å². The van der Waals surface area contributed by atoms with Crippen LogP contribution in [0.2, 0.25) is 10.0 Å². The van der Waals surface area contributed by atoms with E-state index in [-0.39, 0.29) is 28.2 Å². The maximum absolute atomic E-state index is 12.7. The zero-order chi connectivity index (χ0) is 26.2. The zero-order valence-corrected chi connectivity index (χ0v) is 21.8. The Morgan fingerprint density at radius 1 is 1.17 bits per heavy atom. The van der Waals surface area contributed by atoms with Crippen molar-refractivity contribution < 1.29 is 19.1 Å². The van der Waals surface area contributed by atoms with Gasteiger partial charge in [0.15, 0.2) is 11.0 Å². The van der Waals surface area contributed by atoms with Crippen LogP contribution < -0.4 is 10.6 Å². The van der Waals surface area contributed by atoms with E-state index in [1.54, 1.807) is 54.0 Å². The molecule has 1 aromatic heterocycles. The molecule has 1 unspecified atom stereocenters. The molecule has 0 fully saturated rings. The van der Waals surface area contributed by atoms with Gasteiger partial charge in [-0.25, -0.2) is 4.79 Å².